The number of anilines is 1. The normalized spacial score (nSPS) is 21.8. The number of aromatic carboxylic acids is 1. The molecule has 2 aromatic rings. The van der Waals surface area contributed by atoms with Gasteiger partial charge in [0.25, 0.3) is 0 Å². The van der Waals surface area contributed by atoms with E-state index in [9.17, 15) is 19.1 Å². The van der Waals surface area contributed by atoms with E-state index in [2.05, 4.69) is 5.32 Å². The second-order valence-corrected chi connectivity index (χ2v) is 7.69. The number of hydrogen-bond acceptors (Lipinski definition) is 4. The number of carboxylic acid groups (broad SMARTS) is 1. The average Bonchev–Trinajstić information content (AvgIpc) is 3.48. The molecule has 2 N–H and O–H groups in total. The average molecular weight is 391 g/mol. The molecular formula is C20H23F2N3O3. The van der Waals surface area contributed by atoms with E-state index < -0.39 is 28.6 Å². The van der Waals surface area contributed by atoms with Crippen molar-refractivity contribution < 1.29 is 18.7 Å². The lowest BCUT2D eigenvalue weighted by Gasteiger charge is -2.48. The largest absolute Gasteiger partial charge is 0.477 e. The van der Waals surface area contributed by atoms with E-state index >= 15 is 4.39 Å². The maximum atomic E-state index is 15.5. The number of carbonyl (C=O) groups is 1. The van der Waals surface area contributed by atoms with Crippen molar-refractivity contribution in [2.75, 3.05) is 24.5 Å². The molecule has 0 spiro atoms. The Kier molecular flexibility index (Phi) is 4.61. The number of hydrogen-bond donors (Lipinski definition) is 2. The van der Waals surface area contributed by atoms with Crippen LogP contribution in [0.2, 0.25) is 0 Å². The summed E-state index contributed by atoms with van der Waals surface area (Å²) in [4.78, 5) is 25.6. The summed E-state index contributed by atoms with van der Waals surface area (Å²) in [7, 11) is 0. The van der Waals surface area contributed by atoms with Gasteiger partial charge in [-0.3, -0.25) is 4.79 Å². The minimum atomic E-state index is -1.39. The number of nitrogens with one attached hydrogen (secondary N) is 1. The molecule has 6 nitrogen and oxygen atoms in total. The zero-order chi connectivity index (χ0) is 20.2. The van der Waals surface area contributed by atoms with Gasteiger partial charge in [-0.1, -0.05) is 6.92 Å². The van der Waals surface area contributed by atoms with Gasteiger partial charge in [0.1, 0.15) is 17.1 Å². The highest BCUT2D eigenvalue weighted by Gasteiger charge is 2.39. The first-order valence-electron chi connectivity index (χ1n) is 9.62. The van der Waals surface area contributed by atoms with Crippen LogP contribution >= 0.6 is 0 Å². The maximum absolute atomic E-state index is 15.5. The fourth-order valence-electron chi connectivity index (χ4n) is 4.04. The van der Waals surface area contributed by atoms with E-state index in [4.69, 9.17) is 0 Å². The Labute approximate surface area is 160 Å². The molecule has 1 saturated carbocycles. The molecule has 2 atom stereocenters. The van der Waals surface area contributed by atoms with Crippen LogP contribution in [0.15, 0.2) is 17.1 Å². The van der Waals surface area contributed by atoms with Crippen molar-refractivity contribution in [3.05, 3.63) is 39.7 Å². The van der Waals surface area contributed by atoms with Gasteiger partial charge in [-0.15, -0.1) is 0 Å². The fourth-order valence-corrected chi connectivity index (χ4v) is 4.04. The lowest BCUT2D eigenvalue weighted by molar-refractivity contribution is 0.0695. The van der Waals surface area contributed by atoms with Crippen LogP contribution in [0.1, 0.15) is 43.1 Å². The first-order chi connectivity index (χ1) is 13.3. The Morgan fingerprint density at radius 1 is 1.36 bits per heavy atom. The number of carboxylic acids is 1. The number of aromatic nitrogens is 1. The van der Waals surface area contributed by atoms with Crippen LogP contribution in [0.5, 0.6) is 0 Å². The molecule has 150 valence electrons. The first-order valence-corrected chi connectivity index (χ1v) is 9.62. The van der Waals surface area contributed by atoms with Gasteiger partial charge in [0.2, 0.25) is 5.43 Å². The molecule has 0 unspecified atom stereocenters. The Hall–Kier alpha value is -2.48. The Morgan fingerprint density at radius 3 is 2.64 bits per heavy atom. The van der Waals surface area contributed by atoms with E-state index in [-0.39, 0.29) is 34.6 Å². The molecule has 8 heteroatoms. The summed E-state index contributed by atoms with van der Waals surface area (Å²) < 4.78 is 31.9. The molecule has 1 aliphatic heterocycles. The third-order valence-electron chi connectivity index (χ3n) is 5.90. The van der Waals surface area contributed by atoms with Crippen molar-refractivity contribution in [2.24, 2.45) is 5.92 Å². The van der Waals surface area contributed by atoms with Crippen molar-refractivity contribution in [2.45, 2.75) is 38.8 Å². The predicted octanol–water partition coefficient (Wildman–Crippen LogP) is 2.75. The number of benzene rings is 1. The van der Waals surface area contributed by atoms with Crippen LogP contribution in [0.4, 0.5) is 14.5 Å². The summed E-state index contributed by atoms with van der Waals surface area (Å²) in [6.45, 7) is 6.07. The molecule has 2 aliphatic rings. The van der Waals surface area contributed by atoms with E-state index in [0.29, 0.717) is 6.54 Å². The molecule has 2 heterocycles. The quantitative estimate of drug-likeness (QED) is 0.792. The summed E-state index contributed by atoms with van der Waals surface area (Å²) >= 11 is 0. The zero-order valence-corrected chi connectivity index (χ0v) is 15.8. The smallest absolute Gasteiger partial charge is 0.341 e. The maximum Gasteiger partial charge on any atom is 0.341 e. The van der Waals surface area contributed by atoms with Gasteiger partial charge in [-0.25, -0.2) is 13.6 Å². The van der Waals surface area contributed by atoms with Gasteiger partial charge in [0.15, 0.2) is 5.82 Å². The van der Waals surface area contributed by atoms with Crippen molar-refractivity contribution in [1.29, 1.82) is 0 Å². The molecule has 0 radical (unpaired) electrons. The molecule has 0 bridgehead atoms. The molecule has 1 aliphatic carbocycles. The van der Waals surface area contributed by atoms with E-state index in [1.54, 1.807) is 4.90 Å². The topological polar surface area (TPSA) is 74.6 Å². The zero-order valence-electron chi connectivity index (χ0n) is 15.8. The minimum Gasteiger partial charge on any atom is -0.477 e. The standard InChI is InChI=1S/C20H23F2N3O3/c1-3-23-7-11-8-24(10(11)2)18-15(21)6-13-17(16(18)22)25(12-4-5-12)9-14(19(13)26)20(27)28/h6,9-12,23H,3-5,7-8H2,1-2H3,(H,27,28)/t10-,11+/m1/s1. The number of halogens is 2. The van der Waals surface area contributed by atoms with Crippen LogP contribution in [0.25, 0.3) is 10.9 Å². The van der Waals surface area contributed by atoms with Gasteiger partial charge in [0.05, 0.1) is 10.9 Å². The van der Waals surface area contributed by atoms with E-state index in [1.807, 2.05) is 13.8 Å². The van der Waals surface area contributed by atoms with Gasteiger partial charge in [0, 0.05) is 37.3 Å². The minimum absolute atomic E-state index is 0.00349. The van der Waals surface area contributed by atoms with E-state index in [1.165, 1.54) is 10.8 Å². The van der Waals surface area contributed by atoms with Gasteiger partial charge < -0.3 is 19.9 Å². The molecule has 0 amide bonds. The number of nitrogens with zero attached hydrogens (tertiary/aromatic N) is 2. The second-order valence-electron chi connectivity index (χ2n) is 7.69. The fraction of sp³-hybridized carbons (Fsp3) is 0.500. The number of fused-ring (bicyclic) bond motifs is 1. The highest BCUT2D eigenvalue weighted by atomic mass is 19.1. The lowest BCUT2D eigenvalue weighted by Crippen LogP contribution is -2.58. The number of rotatable bonds is 6. The van der Waals surface area contributed by atoms with E-state index in [0.717, 1.165) is 32.0 Å². The van der Waals surface area contributed by atoms with Crippen LogP contribution in [-0.2, 0) is 0 Å². The second kappa shape index (κ2) is 6.84. The summed E-state index contributed by atoms with van der Waals surface area (Å²) in [5, 5.41) is 12.3. The van der Waals surface area contributed by atoms with Crippen molar-refractivity contribution >= 4 is 22.6 Å². The predicted molar refractivity (Wildman–Crippen MR) is 102 cm³/mol. The van der Waals surface area contributed by atoms with Crippen LogP contribution < -0.4 is 15.6 Å². The third-order valence-corrected chi connectivity index (χ3v) is 5.90. The molecule has 2 fully saturated rings. The lowest BCUT2D eigenvalue weighted by atomic mass is 9.88. The van der Waals surface area contributed by atoms with Crippen molar-refractivity contribution in [3.8, 4) is 0 Å². The molecule has 1 aromatic carbocycles. The number of pyridine rings is 1. The highest BCUT2D eigenvalue weighted by Crippen LogP contribution is 2.41. The molecule has 1 saturated heterocycles. The van der Waals surface area contributed by atoms with Crippen LogP contribution in [-0.4, -0.2) is 41.3 Å². The molecule has 28 heavy (non-hydrogen) atoms. The molecule has 1 aromatic heterocycles. The van der Waals surface area contributed by atoms with Gasteiger partial charge >= 0.3 is 5.97 Å². The van der Waals surface area contributed by atoms with Crippen LogP contribution in [0, 0.1) is 17.6 Å². The Balaban J connectivity index is 1.85. The third kappa shape index (κ3) is 2.87. The summed E-state index contributed by atoms with van der Waals surface area (Å²) in [6, 6.07) is 0.885. The summed E-state index contributed by atoms with van der Waals surface area (Å²) in [6.07, 6.45) is 2.74. The van der Waals surface area contributed by atoms with Gasteiger partial charge in [-0.2, -0.15) is 0 Å². The van der Waals surface area contributed by atoms with Crippen LogP contribution in [0.3, 0.4) is 0 Å². The summed E-state index contributed by atoms with van der Waals surface area (Å²) in [5.41, 5.74) is -1.46. The van der Waals surface area contributed by atoms with Crippen molar-refractivity contribution in [3.63, 3.8) is 0 Å². The SMILES string of the molecule is CCNC[C@H]1CN(c2c(F)cc3c(=O)c(C(=O)O)cn(C4CC4)c3c2F)[C@@H]1C. The highest BCUT2D eigenvalue weighted by molar-refractivity contribution is 5.94. The summed E-state index contributed by atoms with van der Waals surface area (Å²) in [5.74, 6) is -2.73. The Morgan fingerprint density at radius 2 is 2.07 bits per heavy atom. The van der Waals surface area contributed by atoms with Crippen molar-refractivity contribution in [1.82, 2.24) is 9.88 Å². The first kappa shape index (κ1) is 18.9. The van der Waals surface area contributed by atoms with Gasteiger partial charge in [-0.05, 0) is 32.4 Å². The molecular weight excluding hydrogens is 368 g/mol. The monoisotopic (exact) mass is 391 g/mol. The molecule has 4 rings (SSSR count). The Bertz CT molecular complexity index is 1020.